The van der Waals surface area contributed by atoms with E-state index in [0.717, 1.165) is 36.8 Å². The molecule has 0 fully saturated rings. The second-order valence-electron chi connectivity index (χ2n) is 6.87. The van der Waals surface area contributed by atoms with Crippen LogP contribution in [0.3, 0.4) is 0 Å². The van der Waals surface area contributed by atoms with Gasteiger partial charge in [0.1, 0.15) is 0 Å². The number of nitrogens with zero attached hydrogens (tertiary/aromatic N) is 1. The van der Waals surface area contributed by atoms with Crippen molar-refractivity contribution < 1.29 is 24.1 Å². The molecule has 0 amide bonds. The van der Waals surface area contributed by atoms with Crippen molar-refractivity contribution in [2.24, 2.45) is 0 Å². The summed E-state index contributed by atoms with van der Waals surface area (Å²) >= 11 is 0. The molecule has 166 valence electrons. The van der Waals surface area contributed by atoms with Crippen LogP contribution in [0.5, 0.6) is 23.0 Å². The number of hydrogen-bond acceptors (Lipinski definition) is 6. The number of rotatable bonds is 13. The van der Waals surface area contributed by atoms with E-state index in [0.29, 0.717) is 41.8 Å². The summed E-state index contributed by atoms with van der Waals surface area (Å²) < 4.78 is 22.3. The zero-order valence-corrected chi connectivity index (χ0v) is 18.5. The molecule has 0 aliphatic rings. The van der Waals surface area contributed by atoms with E-state index in [4.69, 9.17) is 24.1 Å². The number of methoxy groups -OCH3 is 2. The third kappa shape index (κ3) is 7.23. The highest BCUT2D eigenvalue weighted by atomic mass is 16.5. The van der Waals surface area contributed by atoms with E-state index < -0.39 is 0 Å². The van der Waals surface area contributed by atoms with Crippen molar-refractivity contribution in [2.75, 3.05) is 34.0 Å². The van der Waals surface area contributed by atoms with Crippen LogP contribution in [0.2, 0.25) is 0 Å². The standard InChI is InChI=1S/C25H31NO5/c1-4-30-25-16-19(9-11-23(25)31-14-8-6-5-7-13-27)15-21(18-26)20-10-12-22(28-2)24(17-20)29-3/h9-12,15-17,27H,4-8,13-14H2,1-3H3. The average Bonchev–Trinajstić information content (AvgIpc) is 2.80. The molecule has 0 saturated heterocycles. The van der Waals surface area contributed by atoms with Gasteiger partial charge in [0.05, 0.1) is 39.1 Å². The molecule has 0 unspecified atom stereocenters. The van der Waals surface area contributed by atoms with Crippen molar-refractivity contribution in [1.82, 2.24) is 0 Å². The summed E-state index contributed by atoms with van der Waals surface area (Å²) in [5.74, 6) is 2.51. The van der Waals surface area contributed by atoms with Crippen LogP contribution in [-0.4, -0.2) is 39.1 Å². The van der Waals surface area contributed by atoms with Crippen LogP contribution in [0, 0.1) is 11.3 Å². The molecule has 2 rings (SSSR count). The third-order valence-electron chi connectivity index (χ3n) is 4.70. The molecule has 0 aliphatic carbocycles. The SMILES string of the molecule is CCOc1cc(C=C(C#N)c2ccc(OC)c(OC)c2)ccc1OCCCCCCO. The molecule has 6 heteroatoms. The van der Waals surface area contributed by atoms with Gasteiger partial charge in [-0.3, -0.25) is 0 Å². The van der Waals surface area contributed by atoms with E-state index in [-0.39, 0.29) is 6.61 Å². The lowest BCUT2D eigenvalue weighted by molar-refractivity contribution is 0.262. The molecule has 0 bridgehead atoms. The van der Waals surface area contributed by atoms with Crippen molar-refractivity contribution in [3.05, 3.63) is 47.5 Å². The van der Waals surface area contributed by atoms with E-state index in [1.807, 2.05) is 37.3 Å². The average molecular weight is 426 g/mol. The zero-order chi connectivity index (χ0) is 22.5. The van der Waals surface area contributed by atoms with E-state index in [1.165, 1.54) is 0 Å². The van der Waals surface area contributed by atoms with Crippen LogP contribution >= 0.6 is 0 Å². The molecular formula is C25H31NO5. The Morgan fingerprint density at radius 3 is 2.32 bits per heavy atom. The molecule has 2 aromatic rings. The first-order valence-corrected chi connectivity index (χ1v) is 10.5. The van der Waals surface area contributed by atoms with Crippen LogP contribution < -0.4 is 18.9 Å². The molecule has 0 aliphatic heterocycles. The Morgan fingerprint density at radius 1 is 0.903 bits per heavy atom. The maximum atomic E-state index is 9.70. The van der Waals surface area contributed by atoms with Gasteiger partial charge in [0.2, 0.25) is 0 Å². The van der Waals surface area contributed by atoms with Crippen LogP contribution in [0.25, 0.3) is 11.6 Å². The van der Waals surface area contributed by atoms with Crippen molar-refractivity contribution >= 4 is 11.6 Å². The number of hydrogen-bond donors (Lipinski definition) is 1. The second-order valence-corrected chi connectivity index (χ2v) is 6.87. The van der Waals surface area contributed by atoms with Gasteiger partial charge in [-0.05, 0) is 73.7 Å². The number of ether oxygens (including phenoxy) is 4. The first-order valence-electron chi connectivity index (χ1n) is 10.5. The Bertz CT molecular complexity index is 901. The van der Waals surface area contributed by atoms with E-state index in [9.17, 15) is 5.26 Å². The topological polar surface area (TPSA) is 80.9 Å². The van der Waals surface area contributed by atoms with Gasteiger partial charge in [-0.25, -0.2) is 0 Å². The molecular weight excluding hydrogens is 394 g/mol. The summed E-state index contributed by atoms with van der Waals surface area (Å²) in [5.41, 5.74) is 2.08. The number of aliphatic hydroxyl groups is 1. The minimum Gasteiger partial charge on any atom is -0.493 e. The van der Waals surface area contributed by atoms with Gasteiger partial charge in [-0.1, -0.05) is 12.5 Å². The highest BCUT2D eigenvalue weighted by Gasteiger charge is 2.10. The fourth-order valence-electron chi connectivity index (χ4n) is 3.10. The van der Waals surface area contributed by atoms with Crippen molar-refractivity contribution in [2.45, 2.75) is 32.6 Å². The van der Waals surface area contributed by atoms with Gasteiger partial charge >= 0.3 is 0 Å². The fourth-order valence-corrected chi connectivity index (χ4v) is 3.10. The first-order chi connectivity index (χ1) is 15.2. The molecule has 0 radical (unpaired) electrons. The summed E-state index contributed by atoms with van der Waals surface area (Å²) in [6.45, 7) is 3.26. The molecule has 0 atom stereocenters. The van der Waals surface area contributed by atoms with Crippen molar-refractivity contribution in [1.29, 1.82) is 5.26 Å². The highest BCUT2D eigenvalue weighted by molar-refractivity contribution is 5.90. The number of allylic oxidation sites excluding steroid dienone is 1. The molecule has 1 N–H and O–H groups in total. The Morgan fingerprint density at radius 2 is 1.65 bits per heavy atom. The molecule has 0 spiro atoms. The fraction of sp³-hybridized carbons (Fsp3) is 0.400. The Balaban J connectivity index is 2.20. The number of aliphatic hydroxyl groups excluding tert-OH is 1. The predicted molar refractivity (Wildman–Crippen MR) is 122 cm³/mol. The van der Waals surface area contributed by atoms with E-state index >= 15 is 0 Å². The van der Waals surface area contributed by atoms with Gasteiger partial charge in [-0.15, -0.1) is 0 Å². The Kier molecular flexibility index (Phi) is 10.3. The van der Waals surface area contributed by atoms with Gasteiger partial charge in [0.15, 0.2) is 23.0 Å². The number of nitriles is 1. The van der Waals surface area contributed by atoms with E-state index in [2.05, 4.69) is 6.07 Å². The Labute approximate surface area is 184 Å². The minimum atomic E-state index is 0.234. The van der Waals surface area contributed by atoms with Gasteiger partial charge in [0, 0.05) is 6.61 Å². The van der Waals surface area contributed by atoms with Crippen LogP contribution in [-0.2, 0) is 0 Å². The van der Waals surface area contributed by atoms with Crippen LogP contribution in [0.1, 0.15) is 43.7 Å². The van der Waals surface area contributed by atoms with Gasteiger partial charge in [-0.2, -0.15) is 5.26 Å². The summed E-state index contributed by atoms with van der Waals surface area (Å²) in [6, 6.07) is 13.3. The van der Waals surface area contributed by atoms with Crippen LogP contribution in [0.4, 0.5) is 0 Å². The number of unbranched alkanes of at least 4 members (excludes halogenated alkanes) is 3. The molecule has 6 nitrogen and oxygen atoms in total. The smallest absolute Gasteiger partial charge is 0.161 e. The van der Waals surface area contributed by atoms with Gasteiger partial charge in [0.25, 0.3) is 0 Å². The van der Waals surface area contributed by atoms with Gasteiger partial charge < -0.3 is 24.1 Å². The zero-order valence-electron chi connectivity index (χ0n) is 18.5. The lowest BCUT2D eigenvalue weighted by Crippen LogP contribution is -2.01. The maximum absolute atomic E-state index is 9.70. The summed E-state index contributed by atoms with van der Waals surface area (Å²) in [6.07, 6.45) is 5.57. The summed E-state index contributed by atoms with van der Waals surface area (Å²) in [7, 11) is 3.14. The predicted octanol–water partition coefficient (Wildman–Crippen LogP) is 5.10. The molecule has 2 aromatic carbocycles. The lowest BCUT2D eigenvalue weighted by Gasteiger charge is -2.13. The van der Waals surface area contributed by atoms with E-state index in [1.54, 1.807) is 26.4 Å². The normalized spacial score (nSPS) is 11.0. The summed E-state index contributed by atoms with van der Waals surface area (Å²) in [4.78, 5) is 0. The van der Waals surface area contributed by atoms with Crippen LogP contribution in [0.15, 0.2) is 36.4 Å². The van der Waals surface area contributed by atoms with Crippen molar-refractivity contribution in [3.8, 4) is 29.1 Å². The first kappa shape index (κ1) is 24.1. The minimum absolute atomic E-state index is 0.234. The quantitative estimate of drug-likeness (QED) is 0.273. The second kappa shape index (κ2) is 13.2. The van der Waals surface area contributed by atoms with Crippen molar-refractivity contribution in [3.63, 3.8) is 0 Å². The largest absolute Gasteiger partial charge is 0.493 e. The molecule has 0 saturated carbocycles. The molecule has 0 heterocycles. The maximum Gasteiger partial charge on any atom is 0.161 e. The monoisotopic (exact) mass is 425 g/mol. The Hall–Kier alpha value is -3.17. The summed E-state index contributed by atoms with van der Waals surface area (Å²) in [5, 5.41) is 18.5. The highest BCUT2D eigenvalue weighted by Crippen LogP contribution is 2.33. The third-order valence-corrected chi connectivity index (χ3v) is 4.70. The lowest BCUT2D eigenvalue weighted by atomic mass is 10.0. The molecule has 31 heavy (non-hydrogen) atoms. The molecule has 0 aromatic heterocycles. The number of benzene rings is 2.